The van der Waals surface area contributed by atoms with E-state index in [0.717, 1.165) is 60.0 Å². The molecule has 5 nitrogen and oxygen atoms in total. The standard InChI is InChI=1S/C21H22ClN3O2/c1-24-10-8-21(9-11-24)25-19(17-12-15(22)4-7-20(17)27-21)13-18(23-25)14-2-5-16(26)6-3-14/h2-7,12,19,26H,8-11,13H2,1H3/t19-/m1/s1. The van der Waals surface area contributed by atoms with Gasteiger partial charge in [0.1, 0.15) is 11.5 Å². The Morgan fingerprint density at radius 3 is 2.63 bits per heavy atom. The number of hydrogen-bond acceptors (Lipinski definition) is 5. The van der Waals surface area contributed by atoms with Crippen molar-refractivity contribution in [3.05, 3.63) is 58.6 Å². The molecule has 1 atom stereocenters. The summed E-state index contributed by atoms with van der Waals surface area (Å²) in [6.45, 7) is 1.96. The first kappa shape index (κ1) is 16.9. The summed E-state index contributed by atoms with van der Waals surface area (Å²) >= 11 is 6.29. The van der Waals surface area contributed by atoms with E-state index < -0.39 is 5.72 Å². The zero-order valence-electron chi connectivity index (χ0n) is 15.2. The minimum atomic E-state index is -0.406. The normalized spacial score (nSPS) is 23.6. The third-order valence-corrected chi connectivity index (χ3v) is 6.16. The third-order valence-electron chi connectivity index (χ3n) is 5.93. The van der Waals surface area contributed by atoms with Crippen molar-refractivity contribution in [3.63, 3.8) is 0 Å². The van der Waals surface area contributed by atoms with Crippen LogP contribution in [0.4, 0.5) is 0 Å². The summed E-state index contributed by atoms with van der Waals surface area (Å²) in [7, 11) is 2.15. The summed E-state index contributed by atoms with van der Waals surface area (Å²) in [6, 6.07) is 13.3. The zero-order valence-corrected chi connectivity index (χ0v) is 16.0. The molecule has 2 aromatic carbocycles. The quantitative estimate of drug-likeness (QED) is 0.808. The average Bonchev–Trinajstić information content (AvgIpc) is 3.12. The number of rotatable bonds is 1. The van der Waals surface area contributed by atoms with E-state index in [1.165, 1.54) is 0 Å². The van der Waals surface area contributed by atoms with Crippen molar-refractivity contribution in [1.82, 2.24) is 9.91 Å². The molecule has 3 aliphatic heterocycles. The molecule has 1 fully saturated rings. The number of hydrazone groups is 1. The summed E-state index contributed by atoms with van der Waals surface area (Å²) in [5, 5.41) is 17.5. The molecule has 0 aliphatic carbocycles. The number of ether oxygens (including phenoxy) is 1. The van der Waals surface area contributed by atoms with E-state index >= 15 is 0 Å². The Morgan fingerprint density at radius 2 is 1.89 bits per heavy atom. The Labute approximate surface area is 163 Å². The van der Waals surface area contributed by atoms with Crippen LogP contribution in [0.2, 0.25) is 5.02 Å². The van der Waals surface area contributed by atoms with E-state index in [1.54, 1.807) is 12.1 Å². The van der Waals surface area contributed by atoms with Crippen LogP contribution in [0.5, 0.6) is 11.5 Å². The molecule has 0 aromatic heterocycles. The van der Waals surface area contributed by atoms with Crippen molar-refractivity contribution < 1.29 is 9.84 Å². The first-order valence-corrected chi connectivity index (χ1v) is 9.75. The summed E-state index contributed by atoms with van der Waals surface area (Å²) in [6.07, 6.45) is 2.63. The Morgan fingerprint density at radius 1 is 1.15 bits per heavy atom. The second-order valence-corrected chi connectivity index (χ2v) is 8.13. The molecule has 2 aromatic rings. The fourth-order valence-corrected chi connectivity index (χ4v) is 4.56. The maximum atomic E-state index is 9.60. The largest absolute Gasteiger partial charge is 0.508 e. The first-order chi connectivity index (χ1) is 13.0. The zero-order chi connectivity index (χ0) is 18.6. The van der Waals surface area contributed by atoms with Crippen LogP contribution in [0.25, 0.3) is 0 Å². The molecule has 0 saturated carbocycles. The summed E-state index contributed by atoms with van der Waals surface area (Å²) in [5.74, 6) is 1.19. The van der Waals surface area contributed by atoms with Gasteiger partial charge in [-0.3, -0.25) is 0 Å². The van der Waals surface area contributed by atoms with Gasteiger partial charge in [0.05, 0.1) is 11.8 Å². The van der Waals surface area contributed by atoms with Gasteiger partial charge in [-0.2, -0.15) is 5.10 Å². The van der Waals surface area contributed by atoms with Crippen molar-refractivity contribution in [2.45, 2.75) is 31.0 Å². The lowest BCUT2D eigenvalue weighted by Crippen LogP contribution is -2.58. The van der Waals surface area contributed by atoms with Gasteiger partial charge >= 0.3 is 0 Å². The van der Waals surface area contributed by atoms with Crippen molar-refractivity contribution >= 4 is 17.3 Å². The van der Waals surface area contributed by atoms with Gasteiger partial charge in [-0.1, -0.05) is 11.6 Å². The predicted octanol–water partition coefficient (Wildman–Crippen LogP) is 4.01. The second kappa shape index (κ2) is 6.14. The van der Waals surface area contributed by atoms with E-state index in [4.69, 9.17) is 21.4 Å². The van der Waals surface area contributed by atoms with Gasteiger partial charge in [-0.25, -0.2) is 5.01 Å². The lowest BCUT2D eigenvalue weighted by molar-refractivity contribution is -0.147. The minimum Gasteiger partial charge on any atom is -0.508 e. The number of nitrogens with zero attached hydrogens (tertiary/aromatic N) is 3. The van der Waals surface area contributed by atoms with Crippen LogP contribution in [0, 0.1) is 0 Å². The van der Waals surface area contributed by atoms with Crippen LogP contribution < -0.4 is 4.74 Å². The number of piperidine rings is 1. The molecule has 0 amide bonds. The van der Waals surface area contributed by atoms with Gasteiger partial charge in [-0.15, -0.1) is 0 Å². The molecule has 3 heterocycles. The molecule has 140 valence electrons. The highest BCUT2D eigenvalue weighted by Crippen LogP contribution is 2.50. The van der Waals surface area contributed by atoms with Crippen LogP contribution in [-0.4, -0.2) is 46.6 Å². The molecule has 0 radical (unpaired) electrons. The highest BCUT2D eigenvalue weighted by Gasteiger charge is 2.51. The topological polar surface area (TPSA) is 48.3 Å². The van der Waals surface area contributed by atoms with E-state index in [1.807, 2.05) is 30.3 Å². The minimum absolute atomic E-state index is 0.125. The van der Waals surface area contributed by atoms with Gasteiger partial charge in [0, 0.05) is 42.9 Å². The molecule has 1 saturated heterocycles. The number of benzene rings is 2. The maximum absolute atomic E-state index is 9.60. The molecule has 1 N–H and O–H groups in total. The second-order valence-electron chi connectivity index (χ2n) is 7.69. The fraction of sp³-hybridized carbons (Fsp3) is 0.381. The number of fused-ring (bicyclic) bond motifs is 4. The fourth-order valence-electron chi connectivity index (χ4n) is 4.38. The van der Waals surface area contributed by atoms with Gasteiger partial charge in [0.15, 0.2) is 0 Å². The predicted molar refractivity (Wildman–Crippen MR) is 105 cm³/mol. The van der Waals surface area contributed by atoms with E-state index in [2.05, 4.69) is 17.0 Å². The number of phenolic OH excluding ortho intramolecular Hbond substituents is 1. The Kier molecular flexibility index (Phi) is 3.85. The van der Waals surface area contributed by atoms with Gasteiger partial charge < -0.3 is 14.7 Å². The van der Waals surface area contributed by atoms with Crippen molar-refractivity contribution in [2.75, 3.05) is 20.1 Å². The van der Waals surface area contributed by atoms with Gasteiger partial charge in [0.2, 0.25) is 5.72 Å². The lowest BCUT2D eigenvalue weighted by Gasteiger charge is -2.50. The van der Waals surface area contributed by atoms with E-state index in [9.17, 15) is 5.11 Å². The van der Waals surface area contributed by atoms with Crippen molar-refractivity contribution in [1.29, 1.82) is 0 Å². The Hall–Kier alpha value is -2.24. The van der Waals surface area contributed by atoms with Crippen LogP contribution in [0.15, 0.2) is 47.6 Å². The molecular formula is C21H22ClN3O2. The molecule has 27 heavy (non-hydrogen) atoms. The molecule has 1 spiro atoms. The molecular weight excluding hydrogens is 362 g/mol. The molecule has 0 unspecified atom stereocenters. The average molecular weight is 384 g/mol. The van der Waals surface area contributed by atoms with Gasteiger partial charge in [0.25, 0.3) is 0 Å². The summed E-state index contributed by atoms with van der Waals surface area (Å²) in [4.78, 5) is 2.33. The first-order valence-electron chi connectivity index (χ1n) is 9.37. The molecule has 0 bridgehead atoms. The SMILES string of the molecule is CN1CCC2(CC1)Oc1ccc(Cl)cc1[C@H]1CC(c3ccc(O)cc3)=NN12. The van der Waals surface area contributed by atoms with Crippen LogP contribution in [0.3, 0.4) is 0 Å². The lowest BCUT2D eigenvalue weighted by atomic mass is 9.91. The summed E-state index contributed by atoms with van der Waals surface area (Å²) in [5.41, 5.74) is 2.75. The maximum Gasteiger partial charge on any atom is 0.200 e. The van der Waals surface area contributed by atoms with Crippen molar-refractivity contribution in [3.8, 4) is 11.5 Å². The Balaban J connectivity index is 1.58. The van der Waals surface area contributed by atoms with Crippen LogP contribution in [-0.2, 0) is 0 Å². The molecule has 5 rings (SSSR count). The summed E-state index contributed by atoms with van der Waals surface area (Å²) < 4.78 is 6.57. The number of phenols is 1. The highest BCUT2D eigenvalue weighted by molar-refractivity contribution is 6.30. The third kappa shape index (κ3) is 2.77. The van der Waals surface area contributed by atoms with Crippen LogP contribution >= 0.6 is 11.6 Å². The number of halogens is 1. The number of likely N-dealkylation sites (tertiary alicyclic amines) is 1. The van der Waals surface area contributed by atoms with E-state index in [-0.39, 0.29) is 11.8 Å². The molecule has 3 aliphatic rings. The van der Waals surface area contributed by atoms with Gasteiger partial charge in [-0.05, 0) is 55.1 Å². The van der Waals surface area contributed by atoms with Crippen LogP contribution in [0.1, 0.15) is 36.4 Å². The number of aromatic hydroxyl groups is 1. The Bertz CT molecular complexity index is 904. The monoisotopic (exact) mass is 383 g/mol. The van der Waals surface area contributed by atoms with Crippen molar-refractivity contribution in [2.24, 2.45) is 5.10 Å². The van der Waals surface area contributed by atoms with E-state index in [0.29, 0.717) is 0 Å². The smallest absolute Gasteiger partial charge is 0.200 e. The number of hydrogen-bond donors (Lipinski definition) is 1. The highest BCUT2D eigenvalue weighted by atomic mass is 35.5. The molecule has 6 heteroatoms.